The van der Waals surface area contributed by atoms with Gasteiger partial charge in [-0.1, -0.05) is 0 Å². The Morgan fingerprint density at radius 2 is 2.06 bits per heavy atom. The first kappa shape index (κ1) is 12.7. The van der Waals surface area contributed by atoms with Crippen molar-refractivity contribution in [3.8, 4) is 0 Å². The molecule has 0 spiro atoms. The molecular formula is C9H6BrF2NO3. The molecule has 1 aromatic carbocycles. The zero-order valence-corrected chi connectivity index (χ0v) is 9.62. The number of Topliss-reactive ketones (excluding diaryl/α,β-unsaturated/α-hetero) is 1. The van der Waals surface area contributed by atoms with Crippen LogP contribution in [0, 0.1) is 10.1 Å². The molecule has 1 rings (SSSR count). The van der Waals surface area contributed by atoms with Gasteiger partial charge in [-0.05, 0) is 28.9 Å². The summed E-state index contributed by atoms with van der Waals surface area (Å²) >= 11 is 2.86. The zero-order valence-electron chi connectivity index (χ0n) is 8.04. The maximum atomic E-state index is 12.6. The summed E-state index contributed by atoms with van der Waals surface area (Å²) in [6.45, 7) is 1.12. The number of ketones is 1. The second-order valence-electron chi connectivity index (χ2n) is 3.00. The number of rotatable bonds is 3. The molecule has 7 heteroatoms. The number of carbonyl (C=O) groups is 1. The first-order valence-electron chi connectivity index (χ1n) is 4.11. The Morgan fingerprint density at radius 1 is 1.50 bits per heavy atom. The number of nitro benzene ring substituents is 1. The van der Waals surface area contributed by atoms with Crippen molar-refractivity contribution < 1.29 is 18.5 Å². The smallest absolute Gasteiger partial charge is 0.284 e. The van der Waals surface area contributed by atoms with E-state index in [1.54, 1.807) is 0 Å². The molecule has 4 nitrogen and oxygen atoms in total. The molecule has 0 N–H and O–H groups in total. The van der Waals surface area contributed by atoms with Gasteiger partial charge in [0.2, 0.25) is 0 Å². The maximum absolute atomic E-state index is 12.6. The molecule has 0 heterocycles. The van der Waals surface area contributed by atoms with E-state index in [9.17, 15) is 23.7 Å². The van der Waals surface area contributed by atoms with Crippen LogP contribution >= 0.6 is 15.9 Å². The van der Waals surface area contributed by atoms with Gasteiger partial charge in [0.15, 0.2) is 5.78 Å². The summed E-state index contributed by atoms with van der Waals surface area (Å²) in [6.07, 6.45) is -2.93. The fourth-order valence-electron chi connectivity index (χ4n) is 1.20. The van der Waals surface area contributed by atoms with E-state index in [4.69, 9.17) is 0 Å². The number of halogens is 3. The van der Waals surface area contributed by atoms with Crippen LogP contribution in [0.15, 0.2) is 16.6 Å². The van der Waals surface area contributed by atoms with Crippen molar-refractivity contribution in [2.45, 2.75) is 13.3 Å². The van der Waals surface area contributed by atoms with Crippen LogP contribution in [0.1, 0.15) is 29.3 Å². The second kappa shape index (κ2) is 4.65. The third-order valence-electron chi connectivity index (χ3n) is 1.93. The lowest BCUT2D eigenvalue weighted by molar-refractivity contribution is -0.385. The Labute approximate surface area is 97.5 Å². The quantitative estimate of drug-likeness (QED) is 0.487. The summed E-state index contributed by atoms with van der Waals surface area (Å²) in [5.74, 6) is -0.564. The molecular weight excluding hydrogens is 288 g/mol. The molecule has 0 unspecified atom stereocenters. The van der Waals surface area contributed by atoms with Crippen LogP contribution in [0.2, 0.25) is 0 Å². The lowest BCUT2D eigenvalue weighted by Gasteiger charge is -2.06. The second-order valence-corrected chi connectivity index (χ2v) is 3.86. The van der Waals surface area contributed by atoms with Crippen LogP contribution in [0.4, 0.5) is 14.5 Å². The Bertz CT molecular complexity index is 462. The van der Waals surface area contributed by atoms with Gasteiger partial charge in [-0.2, -0.15) is 0 Å². The van der Waals surface area contributed by atoms with Gasteiger partial charge in [0.1, 0.15) is 0 Å². The first-order chi connectivity index (χ1) is 7.34. The zero-order chi connectivity index (χ0) is 12.5. The van der Waals surface area contributed by atoms with E-state index in [1.807, 2.05) is 0 Å². The third-order valence-corrected chi connectivity index (χ3v) is 2.57. The van der Waals surface area contributed by atoms with Crippen LogP contribution in [-0.4, -0.2) is 10.7 Å². The number of hydrogen-bond acceptors (Lipinski definition) is 3. The average molecular weight is 294 g/mol. The molecule has 0 fully saturated rings. The van der Waals surface area contributed by atoms with Crippen LogP contribution in [0.25, 0.3) is 0 Å². The minimum Gasteiger partial charge on any atom is -0.294 e. The standard InChI is InChI=1S/C9H6BrF2NO3/c1-4(14)5-2-7(10)8(13(15)16)3-6(5)9(11)12/h2-3,9H,1H3. The molecule has 1 aromatic rings. The van der Waals surface area contributed by atoms with E-state index in [2.05, 4.69) is 15.9 Å². The van der Waals surface area contributed by atoms with Crippen molar-refractivity contribution in [1.29, 1.82) is 0 Å². The van der Waals surface area contributed by atoms with Crippen molar-refractivity contribution >= 4 is 27.4 Å². The normalized spacial score (nSPS) is 10.6. The van der Waals surface area contributed by atoms with Gasteiger partial charge in [-0.25, -0.2) is 8.78 Å². The molecule has 0 aromatic heterocycles. The van der Waals surface area contributed by atoms with Crippen molar-refractivity contribution in [3.63, 3.8) is 0 Å². The third kappa shape index (κ3) is 2.41. The van der Waals surface area contributed by atoms with Crippen LogP contribution in [0.3, 0.4) is 0 Å². The predicted octanol–water partition coefficient (Wildman–Crippen LogP) is 3.50. The summed E-state index contributed by atoms with van der Waals surface area (Å²) in [5, 5.41) is 10.5. The topological polar surface area (TPSA) is 60.2 Å². The van der Waals surface area contributed by atoms with E-state index in [1.165, 1.54) is 0 Å². The molecule has 0 radical (unpaired) electrons. The number of nitrogens with zero attached hydrogens (tertiary/aromatic N) is 1. The van der Waals surface area contributed by atoms with Gasteiger partial charge in [-0.3, -0.25) is 14.9 Å². The highest BCUT2D eigenvalue weighted by Gasteiger charge is 2.23. The molecule has 0 atom stereocenters. The van der Waals surface area contributed by atoms with Crippen LogP contribution in [-0.2, 0) is 0 Å². The van der Waals surface area contributed by atoms with Crippen LogP contribution in [0.5, 0.6) is 0 Å². The lowest BCUT2D eigenvalue weighted by Crippen LogP contribution is -2.02. The molecule has 0 amide bonds. The molecule has 0 bridgehead atoms. The summed E-state index contributed by atoms with van der Waals surface area (Å²) < 4.78 is 25.2. The van der Waals surface area contributed by atoms with Gasteiger partial charge in [0.05, 0.1) is 9.40 Å². The maximum Gasteiger partial charge on any atom is 0.284 e. The largest absolute Gasteiger partial charge is 0.294 e. The van der Waals surface area contributed by atoms with Gasteiger partial charge in [-0.15, -0.1) is 0 Å². The van der Waals surface area contributed by atoms with Gasteiger partial charge >= 0.3 is 0 Å². The summed E-state index contributed by atoms with van der Waals surface area (Å²) in [5.41, 5.74) is -1.32. The predicted molar refractivity (Wildman–Crippen MR) is 55.8 cm³/mol. The Morgan fingerprint density at radius 3 is 2.44 bits per heavy atom. The fourth-order valence-corrected chi connectivity index (χ4v) is 1.69. The van der Waals surface area contributed by atoms with E-state index in [-0.39, 0.29) is 10.0 Å². The Balaban J connectivity index is 3.49. The van der Waals surface area contributed by atoms with Crippen molar-refractivity contribution in [1.82, 2.24) is 0 Å². The molecule has 16 heavy (non-hydrogen) atoms. The van der Waals surface area contributed by atoms with Crippen molar-refractivity contribution in [2.75, 3.05) is 0 Å². The molecule has 0 saturated carbocycles. The SMILES string of the molecule is CC(=O)c1cc(Br)c([N+](=O)[O-])cc1C(F)F. The van der Waals surface area contributed by atoms with Gasteiger partial charge in [0, 0.05) is 17.2 Å². The summed E-state index contributed by atoms with van der Waals surface area (Å²) in [6, 6.07) is 1.76. The molecule has 0 aliphatic heterocycles. The number of nitro groups is 1. The first-order valence-corrected chi connectivity index (χ1v) is 4.90. The number of benzene rings is 1. The Kier molecular flexibility index (Phi) is 3.69. The average Bonchev–Trinajstić information content (AvgIpc) is 2.15. The van der Waals surface area contributed by atoms with E-state index < -0.39 is 28.4 Å². The highest BCUT2D eigenvalue weighted by atomic mass is 79.9. The number of alkyl halides is 2. The van der Waals surface area contributed by atoms with Gasteiger partial charge in [0.25, 0.3) is 12.1 Å². The van der Waals surface area contributed by atoms with E-state index in [0.717, 1.165) is 13.0 Å². The summed E-state index contributed by atoms with van der Waals surface area (Å²) in [4.78, 5) is 20.8. The molecule has 0 aliphatic carbocycles. The van der Waals surface area contributed by atoms with E-state index >= 15 is 0 Å². The van der Waals surface area contributed by atoms with Gasteiger partial charge < -0.3 is 0 Å². The highest BCUT2D eigenvalue weighted by molar-refractivity contribution is 9.10. The number of hydrogen-bond donors (Lipinski definition) is 0. The minimum atomic E-state index is -2.93. The highest BCUT2D eigenvalue weighted by Crippen LogP contribution is 2.33. The lowest BCUT2D eigenvalue weighted by atomic mass is 10.0. The minimum absolute atomic E-state index is 0.00657. The molecule has 0 saturated heterocycles. The number of carbonyl (C=O) groups excluding carboxylic acids is 1. The Hall–Kier alpha value is -1.37. The van der Waals surface area contributed by atoms with Crippen LogP contribution < -0.4 is 0 Å². The van der Waals surface area contributed by atoms with E-state index in [0.29, 0.717) is 6.07 Å². The summed E-state index contributed by atoms with van der Waals surface area (Å²) in [7, 11) is 0. The van der Waals surface area contributed by atoms with Crippen molar-refractivity contribution in [2.24, 2.45) is 0 Å². The van der Waals surface area contributed by atoms with Crippen molar-refractivity contribution in [3.05, 3.63) is 37.8 Å². The molecule has 0 aliphatic rings. The monoisotopic (exact) mass is 293 g/mol. The fraction of sp³-hybridized carbons (Fsp3) is 0.222. The molecule has 86 valence electrons.